The first kappa shape index (κ1) is 22.0. The number of ether oxygens (including phenoxy) is 1. The molecule has 2 rings (SSSR count). The van der Waals surface area contributed by atoms with Crippen LogP contribution < -0.4 is 4.74 Å². The lowest BCUT2D eigenvalue weighted by Gasteiger charge is -2.22. The van der Waals surface area contributed by atoms with Crippen LogP contribution in [-0.4, -0.2) is 0 Å². The van der Waals surface area contributed by atoms with Crippen molar-refractivity contribution in [2.24, 2.45) is 5.92 Å². The Morgan fingerprint density at radius 3 is 2.39 bits per heavy atom. The van der Waals surface area contributed by atoms with Gasteiger partial charge in [-0.15, -0.1) is 0 Å². The number of unbranched alkanes of at least 4 members (excludes halogenated alkanes) is 1. The molecule has 150 valence electrons. The summed E-state index contributed by atoms with van der Waals surface area (Å²) in [6, 6.07) is 14.7. The lowest BCUT2D eigenvalue weighted by molar-refractivity contribution is 0.303. The van der Waals surface area contributed by atoms with Crippen LogP contribution in [0.1, 0.15) is 68.7 Å². The smallest absolute Gasteiger partial charge is 0.123 e. The van der Waals surface area contributed by atoms with Gasteiger partial charge in [0.05, 0.1) is 0 Å². The van der Waals surface area contributed by atoms with Gasteiger partial charge in [0.1, 0.15) is 12.4 Å². The van der Waals surface area contributed by atoms with Crippen molar-refractivity contribution in [3.8, 4) is 5.75 Å². The van der Waals surface area contributed by atoms with Gasteiger partial charge in [0, 0.05) is 0 Å². The predicted molar refractivity (Wildman–Crippen MR) is 123 cm³/mol. The molecule has 0 spiro atoms. The summed E-state index contributed by atoms with van der Waals surface area (Å²) in [7, 11) is 0. The molecule has 0 saturated heterocycles. The maximum absolute atomic E-state index is 6.18. The Balaban J connectivity index is 2.26. The first-order valence-electron chi connectivity index (χ1n) is 10.6. The van der Waals surface area contributed by atoms with Gasteiger partial charge in [0.15, 0.2) is 0 Å². The maximum atomic E-state index is 6.18. The van der Waals surface area contributed by atoms with Gasteiger partial charge in [-0.25, -0.2) is 0 Å². The second-order valence-electron chi connectivity index (χ2n) is 7.83. The van der Waals surface area contributed by atoms with E-state index in [1.54, 1.807) is 0 Å². The average molecular weight is 377 g/mol. The van der Waals surface area contributed by atoms with Crippen molar-refractivity contribution in [3.05, 3.63) is 83.4 Å². The van der Waals surface area contributed by atoms with E-state index in [0.29, 0.717) is 12.5 Å². The minimum absolute atomic E-state index is 0.406. The minimum atomic E-state index is 0.406. The summed E-state index contributed by atoms with van der Waals surface area (Å²) in [4.78, 5) is 0. The fraction of sp³-hybridized carbons (Fsp3) is 0.407. The van der Waals surface area contributed by atoms with Crippen molar-refractivity contribution in [1.29, 1.82) is 0 Å². The fourth-order valence-corrected chi connectivity index (χ4v) is 3.57. The summed E-state index contributed by atoms with van der Waals surface area (Å²) in [5.41, 5.74) is 7.66. The van der Waals surface area contributed by atoms with Crippen LogP contribution in [0.15, 0.2) is 61.2 Å². The number of hydrogen-bond acceptors (Lipinski definition) is 1. The number of allylic oxidation sites excluding steroid dienone is 2. The van der Waals surface area contributed by atoms with Gasteiger partial charge in [-0.3, -0.25) is 0 Å². The molecular weight excluding hydrogens is 340 g/mol. The van der Waals surface area contributed by atoms with E-state index < -0.39 is 0 Å². The molecular formula is C27H36O. The Morgan fingerprint density at radius 1 is 1.04 bits per heavy atom. The van der Waals surface area contributed by atoms with Crippen LogP contribution in [0, 0.1) is 12.8 Å². The van der Waals surface area contributed by atoms with E-state index in [4.69, 9.17) is 4.74 Å². The van der Waals surface area contributed by atoms with Gasteiger partial charge in [0.25, 0.3) is 0 Å². The van der Waals surface area contributed by atoms with Crippen LogP contribution >= 0.6 is 0 Å². The standard InChI is InChI=1S/C27H36O/c1-7-9-15-25-23(6)27(28-19-24-13-11-10-12-14-24)17-16-26(25)22(5)21(4)18-20(3)8-2/h10-14,16-17,21H,3,5,7-9,15,18-19H2,1-2,4,6H3. The van der Waals surface area contributed by atoms with Gasteiger partial charge < -0.3 is 4.74 Å². The highest BCUT2D eigenvalue weighted by Gasteiger charge is 2.17. The molecule has 0 aromatic heterocycles. The van der Waals surface area contributed by atoms with Gasteiger partial charge in [-0.05, 0) is 72.4 Å². The van der Waals surface area contributed by atoms with Gasteiger partial charge in [-0.1, -0.05) is 82.3 Å². The zero-order valence-corrected chi connectivity index (χ0v) is 18.2. The van der Waals surface area contributed by atoms with Crippen LogP contribution in [0.4, 0.5) is 0 Å². The Labute approximate surface area is 172 Å². The highest BCUT2D eigenvalue weighted by Crippen LogP contribution is 2.35. The lowest BCUT2D eigenvalue weighted by atomic mass is 9.84. The largest absolute Gasteiger partial charge is 0.489 e. The van der Waals surface area contributed by atoms with Crippen molar-refractivity contribution in [2.75, 3.05) is 0 Å². The molecule has 1 atom stereocenters. The highest BCUT2D eigenvalue weighted by atomic mass is 16.5. The first-order valence-corrected chi connectivity index (χ1v) is 10.6. The molecule has 0 aliphatic carbocycles. The predicted octanol–water partition coefficient (Wildman–Crippen LogP) is 7.92. The quantitative estimate of drug-likeness (QED) is 0.362. The normalized spacial score (nSPS) is 11.9. The molecule has 1 nitrogen and oxygen atoms in total. The Kier molecular flexibility index (Phi) is 8.57. The molecule has 0 fully saturated rings. The molecule has 2 aromatic carbocycles. The van der Waals surface area contributed by atoms with Gasteiger partial charge in [0.2, 0.25) is 0 Å². The van der Waals surface area contributed by atoms with E-state index in [-0.39, 0.29) is 0 Å². The topological polar surface area (TPSA) is 9.23 Å². The van der Waals surface area contributed by atoms with Crippen molar-refractivity contribution in [3.63, 3.8) is 0 Å². The molecule has 28 heavy (non-hydrogen) atoms. The summed E-state index contributed by atoms with van der Waals surface area (Å²) in [6.07, 6.45) is 5.47. The third-order valence-corrected chi connectivity index (χ3v) is 5.60. The third-order valence-electron chi connectivity index (χ3n) is 5.60. The van der Waals surface area contributed by atoms with E-state index >= 15 is 0 Å². The van der Waals surface area contributed by atoms with Crippen molar-refractivity contribution >= 4 is 5.57 Å². The maximum Gasteiger partial charge on any atom is 0.123 e. The van der Waals surface area contributed by atoms with Crippen molar-refractivity contribution in [1.82, 2.24) is 0 Å². The molecule has 0 aliphatic rings. The molecule has 1 unspecified atom stereocenters. The highest BCUT2D eigenvalue weighted by molar-refractivity contribution is 5.70. The zero-order valence-electron chi connectivity index (χ0n) is 18.2. The number of benzene rings is 2. The molecule has 0 heterocycles. The Bertz CT molecular complexity index is 785. The van der Waals surface area contributed by atoms with E-state index in [2.05, 4.69) is 77.3 Å². The Hall–Kier alpha value is -2.28. The second-order valence-corrected chi connectivity index (χ2v) is 7.83. The molecule has 2 aromatic rings. The average Bonchev–Trinajstić information content (AvgIpc) is 2.71. The third kappa shape index (κ3) is 5.86. The summed E-state index contributed by atoms with van der Waals surface area (Å²) in [5.74, 6) is 1.39. The van der Waals surface area contributed by atoms with E-state index in [9.17, 15) is 0 Å². The summed E-state index contributed by atoms with van der Waals surface area (Å²) < 4.78 is 6.18. The molecule has 0 radical (unpaired) electrons. The minimum Gasteiger partial charge on any atom is -0.489 e. The van der Waals surface area contributed by atoms with E-state index in [1.165, 1.54) is 46.2 Å². The first-order chi connectivity index (χ1) is 13.5. The number of rotatable bonds is 11. The lowest BCUT2D eigenvalue weighted by Crippen LogP contribution is -2.06. The van der Waals surface area contributed by atoms with Crippen LogP contribution in [0.5, 0.6) is 5.75 Å². The van der Waals surface area contributed by atoms with Crippen LogP contribution in [0.3, 0.4) is 0 Å². The van der Waals surface area contributed by atoms with E-state index in [1.807, 2.05) is 6.07 Å². The molecule has 1 heteroatoms. The summed E-state index contributed by atoms with van der Waals surface area (Å²) >= 11 is 0. The summed E-state index contributed by atoms with van der Waals surface area (Å²) in [5, 5.41) is 0. The second kappa shape index (κ2) is 10.9. The van der Waals surface area contributed by atoms with Gasteiger partial charge in [-0.2, -0.15) is 0 Å². The molecule has 0 N–H and O–H groups in total. The van der Waals surface area contributed by atoms with Gasteiger partial charge >= 0.3 is 0 Å². The van der Waals surface area contributed by atoms with Crippen LogP contribution in [0.2, 0.25) is 0 Å². The molecule has 0 saturated carbocycles. The number of hydrogen-bond donors (Lipinski definition) is 0. The summed E-state index contributed by atoms with van der Waals surface area (Å²) in [6.45, 7) is 18.1. The monoisotopic (exact) mass is 376 g/mol. The Morgan fingerprint density at radius 2 is 1.75 bits per heavy atom. The van der Waals surface area contributed by atoms with Crippen LogP contribution in [0.25, 0.3) is 5.57 Å². The fourth-order valence-electron chi connectivity index (χ4n) is 3.57. The van der Waals surface area contributed by atoms with Crippen molar-refractivity contribution in [2.45, 2.75) is 66.4 Å². The molecule has 0 amide bonds. The molecule has 0 aliphatic heterocycles. The SMILES string of the molecule is C=C(CC)CC(C)C(=C)c1ccc(OCc2ccccc2)c(C)c1CCCC. The van der Waals surface area contributed by atoms with Crippen molar-refractivity contribution < 1.29 is 4.74 Å². The van der Waals surface area contributed by atoms with Crippen LogP contribution in [-0.2, 0) is 13.0 Å². The molecule has 0 bridgehead atoms. The van der Waals surface area contributed by atoms with E-state index in [0.717, 1.165) is 25.0 Å². The zero-order chi connectivity index (χ0) is 20.5.